The van der Waals surface area contributed by atoms with E-state index in [-0.39, 0.29) is 0 Å². The van der Waals surface area contributed by atoms with Crippen molar-refractivity contribution in [1.29, 1.82) is 0 Å². The molecular formula is C19H15N3OS2. The van der Waals surface area contributed by atoms with E-state index < -0.39 is 0 Å². The van der Waals surface area contributed by atoms with Gasteiger partial charge in [0.25, 0.3) is 0 Å². The molecule has 124 valence electrons. The Hall–Kier alpha value is -2.70. The highest BCUT2D eigenvalue weighted by Gasteiger charge is 2.10. The van der Waals surface area contributed by atoms with E-state index in [1.807, 2.05) is 60.1 Å². The van der Waals surface area contributed by atoms with E-state index in [1.54, 1.807) is 28.9 Å². The third-order valence-corrected chi connectivity index (χ3v) is 5.28. The summed E-state index contributed by atoms with van der Waals surface area (Å²) in [6.45, 7) is 1.94. The van der Waals surface area contributed by atoms with Gasteiger partial charge in [0, 0.05) is 5.38 Å². The Morgan fingerprint density at radius 1 is 1.00 bits per heavy atom. The smallest absolute Gasteiger partial charge is 0.211 e. The molecule has 0 radical (unpaired) electrons. The van der Waals surface area contributed by atoms with Crippen molar-refractivity contribution in [2.75, 3.05) is 0 Å². The molecule has 0 bridgehead atoms. The summed E-state index contributed by atoms with van der Waals surface area (Å²) in [6, 6.07) is 17.8. The zero-order valence-corrected chi connectivity index (χ0v) is 15.1. The highest BCUT2D eigenvalue weighted by atomic mass is 32.1. The molecule has 4 aromatic rings. The highest BCUT2D eigenvalue weighted by Crippen LogP contribution is 2.25. The van der Waals surface area contributed by atoms with Crippen LogP contribution in [0.3, 0.4) is 0 Å². The second kappa shape index (κ2) is 7.04. The van der Waals surface area contributed by atoms with Gasteiger partial charge in [-0.1, -0.05) is 24.3 Å². The second-order valence-corrected chi connectivity index (χ2v) is 7.09. The number of thiophene rings is 1. The summed E-state index contributed by atoms with van der Waals surface area (Å²) >= 11 is 3.26. The number of hydrogen-bond acceptors (Lipinski definition) is 5. The minimum Gasteiger partial charge on any atom is -0.463 e. The molecule has 0 aliphatic heterocycles. The Labute approximate surface area is 153 Å². The molecule has 0 amide bonds. The van der Waals surface area contributed by atoms with E-state index in [0.29, 0.717) is 0 Å². The molecule has 0 N–H and O–H groups in total. The molecule has 25 heavy (non-hydrogen) atoms. The van der Waals surface area contributed by atoms with Gasteiger partial charge in [-0.25, -0.2) is 9.67 Å². The number of thiazole rings is 1. The Balaban J connectivity index is 1.89. The van der Waals surface area contributed by atoms with Crippen molar-refractivity contribution in [1.82, 2.24) is 4.68 Å². The lowest BCUT2D eigenvalue weighted by molar-refractivity contribution is 0.556. The average Bonchev–Trinajstić information content (AvgIpc) is 3.38. The molecule has 3 aromatic heterocycles. The maximum Gasteiger partial charge on any atom is 0.211 e. The standard InChI is InChI=1S/C19H15N3OS2/c1-14(17-9-5-11-23-17)21-22-16(18-10-6-12-24-18)13-25-19(22)20-15-7-3-2-4-8-15/h2-13H,1H3. The molecule has 3 heterocycles. The minimum absolute atomic E-state index is 0.751. The minimum atomic E-state index is 0.751. The topological polar surface area (TPSA) is 42.8 Å². The summed E-state index contributed by atoms with van der Waals surface area (Å²) in [5.41, 5.74) is 2.73. The van der Waals surface area contributed by atoms with Crippen LogP contribution in [0.25, 0.3) is 10.6 Å². The summed E-state index contributed by atoms with van der Waals surface area (Å²) in [7, 11) is 0. The maximum atomic E-state index is 5.46. The fourth-order valence-corrected chi connectivity index (χ4v) is 4.01. The summed E-state index contributed by atoms with van der Waals surface area (Å²) in [5, 5.41) is 8.93. The highest BCUT2D eigenvalue weighted by molar-refractivity contribution is 7.14. The van der Waals surface area contributed by atoms with E-state index in [1.165, 1.54) is 0 Å². The predicted octanol–water partition coefficient (Wildman–Crippen LogP) is 5.38. The Bertz CT molecular complexity index is 1040. The fourth-order valence-electron chi connectivity index (χ4n) is 2.37. The molecule has 0 unspecified atom stereocenters. The van der Waals surface area contributed by atoms with Gasteiger partial charge in [0.15, 0.2) is 0 Å². The molecule has 1 aromatic carbocycles. The maximum absolute atomic E-state index is 5.46. The van der Waals surface area contributed by atoms with Crippen molar-refractivity contribution in [2.24, 2.45) is 10.1 Å². The van der Waals surface area contributed by atoms with Gasteiger partial charge in [0.05, 0.1) is 22.5 Å². The van der Waals surface area contributed by atoms with Gasteiger partial charge in [-0.2, -0.15) is 5.10 Å². The third kappa shape index (κ3) is 3.40. The Morgan fingerprint density at radius 3 is 2.60 bits per heavy atom. The number of furan rings is 1. The SMILES string of the molecule is CC(=Nn1c(-c2cccs2)csc1=Nc1ccccc1)c1ccco1. The molecule has 0 saturated heterocycles. The van der Waals surface area contributed by atoms with E-state index >= 15 is 0 Å². The number of aromatic nitrogens is 1. The fraction of sp³-hybridized carbons (Fsp3) is 0.0526. The first-order valence-electron chi connectivity index (χ1n) is 7.75. The van der Waals surface area contributed by atoms with Crippen molar-refractivity contribution < 1.29 is 4.42 Å². The van der Waals surface area contributed by atoms with E-state index in [2.05, 4.69) is 16.8 Å². The lowest BCUT2D eigenvalue weighted by Crippen LogP contribution is -2.13. The zero-order valence-electron chi connectivity index (χ0n) is 13.5. The first-order valence-corrected chi connectivity index (χ1v) is 9.51. The summed E-state index contributed by atoms with van der Waals surface area (Å²) < 4.78 is 7.35. The van der Waals surface area contributed by atoms with Crippen molar-refractivity contribution in [3.05, 3.63) is 82.2 Å². The van der Waals surface area contributed by atoms with Crippen LogP contribution in [0.1, 0.15) is 12.7 Å². The largest absolute Gasteiger partial charge is 0.463 e. The van der Waals surface area contributed by atoms with Crippen molar-refractivity contribution in [2.45, 2.75) is 6.92 Å². The van der Waals surface area contributed by atoms with Crippen LogP contribution in [0.2, 0.25) is 0 Å². The van der Waals surface area contributed by atoms with Gasteiger partial charge in [-0.15, -0.1) is 22.7 Å². The van der Waals surface area contributed by atoms with Gasteiger partial charge in [-0.05, 0) is 42.6 Å². The van der Waals surface area contributed by atoms with Crippen LogP contribution in [0.5, 0.6) is 0 Å². The molecule has 0 fully saturated rings. The number of para-hydroxylation sites is 1. The zero-order chi connectivity index (χ0) is 17.1. The first-order chi connectivity index (χ1) is 12.3. The molecule has 0 atom stereocenters. The first kappa shape index (κ1) is 15.8. The van der Waals surface area contributed by atoms with Gasteiger partial charge in [-0.3, -0.25) is 0 Å². The van der Waals surface area contributed by atoms with E-state index in [4.69, 9.17) is 14.5 Å². The Kier molecular flexibility index (Phi) is 4.45. The lowest BCUT2D eigenvalue weighted by Gasteiger charge is -2.03. The number of rotatable bonds is 4. The predicted molar refractivity (Wildman–Crippen MR) is 104 cm³/mol. The van der Waals surface area contributed by atoms with Crippen LogP contribution in [0.15, 0.2) is 86.1 Å². The lowest BCUT2D eigenvalue weighted by atomic mass is 10.3. The van der Waals surface area contributed by atoms with E-state index in [9.17, 15) is 0 Å². The number of nitrogens with zero attached hydrogens (tertiary/aromatic N) is 3. The molecule has 0 saturated carbocycles. The monoisotopic (exact) mass is 365 g/mol. The molecule has 0 aliphatic rings. The van der Waals surface area contributed by atoms with Crippen molar-refractivity contribution >= 4 is 34.1 Å². The van der Waals surface area contributed by atoms with Crippen LogP contribution in [0.4, 0.5) is 5.69 Å². The summed E-state index contributed by atoms with van der Waals surface area (Å²) in [4.78, 5) is 6.73. The number of hydrogen-bond donors (Lipinski definition) is 0. The van der Waals surface area contributed by atoms with E-state index in [0.717, 1.165) is 32.5 Å². The molecule has 4 nitrogen and oxygen atoms in total. The van der Waals surface area contributed by atoms with Crippen molar-refractivity contribution in [3.63, 3.8) is 0 Å². The molecular weight excluding hydrogens is 350 g/mol. The van der Waals surface area contributed by atoms with Gasteiger partial charge >= 0.3 is 0 Å². The second-order valence-electron chi connectivity index (χ2n) is 5.30. The molecule has 0 spiro atoms. The van der Waals surface area contributed by atoms with Crippen LogP contribution < -0.4 is 4.80 Å². The summed E-state index contributed by atoms with van der Waals surface area (Å²) in [6.07, 6.45) is 1.65. The van der Waals surface area contributed by atoms with Crippen LogP contribution in [0, 0.1) is 0 Å². The third-order valence-electron chi connectivity index (χ3n) is 3.57. The van der Waals surface area contributed by atoms with Gasteiger partial charge in [0.1, 0.15) is 11.5 Å². The summed E-state index contributed by atoms with van der Waals surface area (Å²) in [5.74, 6) is 0.751. The average molecular weight is 365 g/mol. The Morgan fingerprint density at radius 2 is 1.88 bits per heavy atom. The van der Waals surface area contributed by atoms with Crippen LogP contribution >= 0.6 is 22.7 Å². The van der Waals surface area contributed by atoms with Crippen molar-refractivity contribution in [3.8, 4) is 10.6 Å². The number of benzene rings is 1. The molecule has 6 heteroatoms. The van der Waals surface area contributed by atoms with Gasteiger partial charge in [0.2, 0.25) is 4.80 Å². The van der Waals surface area contributed by atoms with Crippen LogP contribution in [-0.4, -0.2) is 10.4 Å². The quantitative estimate of drug-likeness (QED) is 0.448. The normalized spacial score (nSPS) is 12.7. The molecule has 0 aliphatic carbocycles. The molecule has 4 rings (SSSR count). The van der Waals surface area contributed by atoms with Gasteiger partial charge < -0.3 is 4.42 Å². The van der Waals surface area contributed by atoms with Crippen LogP contribution in [-0.2, 0) is 0 Å².